The summed E-state index contributed by atoms with van der Waals surface area (Å²) in [4.78, 5) is 19.3. The van der Waals surface area contributed by atoms with Crippen LogP contribution in [0.5, 0.6) is 0 Å². The lowest BCUT2D eigenvalue weighted by molar-refractivity contribution is -0.137. The van der Waals surface area contributed by atoms with E-state index in [9.17, 15) is 22.4 Å². The summed E-state index contributed by atoms with van der Waals surface area (Å²) in [5.74, 6) is 0.00345. The fourth-order valence-corrected chi connectivity index (χ4v) is 4.32. The van der Waals surface area contributed by atoms with E-state index in [4.69, 9.17) is 4.42 Å². The third kappa shape index (κ3) is 4.40. The number of amides is 1. The highest BCUT2D eigenvalue weighted by Crippen LogP contribution is 2.35. The summed E-state index contributed by atoms with van der Waals surface area (Å²) in [6.07, 6.45) is -2.69. The van der Waals surface area contributed by atoms with E-state index in [0.29, 0.717) is 35.5 Å². The van der Waals surface area contributed by atoms with Gasteiger partial charge in [-0.15, -0.1) is 0 Å². The fourth-order valence-electron chi connectivity index (χ4n) is 4.32. The van der Waals surface area contributed by atoms with Gasteiger partial charge in [0.05, 0.1) is 12.0 Å². The molecule has 4 aromatic rings. The maximum atomic E-state index is 13.2. The number of rotatable bonds is 4. The van der Waals surface area contributed by atoms with Crippen LogP contribution in [0.25, 0.3) is 22.2 Å². The molecule has 1 fully saturated rings. The predicted molar refractivity (Wildman–Crippen MR) is 118 cm³/mol. The first-order valence-corrected chi connectivity index (χ1v) is 10.9. The minimum atomic E-state index is -4.38. The summed E-state index contributed by atoms with van der Waals surface area (Å²) in [7, 11) is 0. The zero-order valence-corrected chi connectivity index (χ0v) is 18.0. The molecule has 0 aliphatic carbocycles. The SMILES string of the molecule is O=C(Cc1ccc(F)cc1)N1CCC[C@@H]1c1nc2cc(-c3ccc(C(F)(F)F)cc3)ccc2o1. The molecule has 0 unspecified atom stereocenters. The molecule has 1 atom stereocenters. The van der Waals surface area contributed by atoms with Gasteiger partial charge in [0, 0.05) is 6.54 Å². The molecule has 8 heteroatoms. The second-order valence-electron chi connectivity index (χ2n) is 8.36. The quantitative estimate of drug-likeness (QED) is 0.319. The van der Waals surface area contributed by atoms with Crippen molar-refractivity contribution in [1.29, 1.82) is 0 Å². The van der Waals surface area contributed by atoms with Crippen molar-refractivity contribution in [3.05, 3.63) is 89.6 Å². The molecule has 5 rings (SSSR count). The van der Waals surface area contributed by atoms with Crippen molar-refractivity contribution < 1.29 is 26.8 Å². The number of benzene rings is 3. The highest BCUT2D eigenvalue weighted by atomic mass is 19.4. The van der Waals surface area contributed by atoms with Gasteiger partial charge in [-0.3, -0.25) is 4.79 Å². The molecule has 1 amide bonds. The maximum absolute atomic E-state index is 13.2. The molecule has 3 aromatic carbocycles. The Hall–Kier alpha value is -3.68. The van der Waals surface area contributed by atoms with Crippen LogP contribution in [-0.2, 0) is 17.4 Å². The van der Waals surface area contributed by atoms with Crippen LogP contribution >= 0.6 is 0 Å². The lowest BCUT2D eigenvalue weighted by atomic mass is 10.0. The Kier molecular flexibility index (Phi) is 5.59. The van der Waals surface area contributed by atoms with Crippen LogP contribution in [0.15, 0.2) is 71.1 Å². The van der Waals surface area contributed by atoms with Crippen LogP contribution in [-0.4, -0.2) is 22.3 Å². The molecular weight excluding hydrogens is 448 g/mol. The zero-order valence-electron chi connectivity index (χ0n) is 18.0. The molecule has 1 saturated heterocycles. The lowest BCUT2D eigenvalue weighted by Crippen LogP contribution is -2.32. The average molecular weight is 468 g/mol. The van der Waals surface area contributed by atoms with Gasteiger partial charge >= 0.3 is 6.18 Å². The summed E-state index contributed by atoms with van der Waals surface area (Å²) in [6, 6.07) is 15.8. The van der Waals surface area contributed by atoms with Crippen LogP contribution < -0.4 is 0 Å². The summed E-state index contributed by atoms with van der Waals surface area (Å²) >= 11 is 0. The van der Waals surface area contributed by atoms with Crippen molar-refractivity contribution in [3.63, 3.8) is 0 Å². The first kappa shape index (κ1) is 22.1. The van der Waals surface area contributed by atoms with Crippen LogP contribution in [0.1, 0.15) is 35.9 Å². The van der Waals surface area contributed by atoms with Gasteiger partial charge in [-0.25, -0.2) is 9.37 Å². The number of aromatic nitrogens is 1. The van der Waals surface area contributed by atoms with Crippen molar-refractivity contribution in [2.45, 2.75) is 31.5 Å². The Morgan fingerprint density at radius 2 is 1.71 bits per heavy atom. The van der Waals surface area contributed by atoms with Gasteiger partial charge in [-0.05, 0) is 65.9 Å². The molecule has 0 spiro atoms. The highest BCUT2D eigenvalue weighted by molar-refractivity contribution is 5.81. The van der Waals surface area contributed by atoms with Gasteiger partial charge < -0.3 is 9.32 Å². The van der Waals surface area contributed by atoms with E-state index in [0.717, 1.165) is 29.7 Å². The van der Waals surface area contributed by atoms with Gasteiger partial charge in [-0.1, -0.05) is 30.3 Å². The lowest BCUT2D eigenvalue weighted by Gasteiger charge is -2.22. The largest absolute Gasteiger partial charge is 0.438 e. The molecule has 0 N–H and O–H groups in total. The number of hydrogen-bond acceptors (Lipinski definition) is 3. The molecule has 1 aromatic heterocycles. The third-order valence-electron chi connectivity index (χ3n) is 6.08. The minimum Gasteiger partial charge on any atom is -0.438 e. The van der Waals surface area contributed by atoms with E-state index in [2.05, 4.69) is 4.98 Å². The van der Waals surface area contributed by atoms with Crippen molar-refractivity contribution in [2.75, 3.05) is 6.54 Å². The number of carbonyl (C=O) groups is 1. The van der Waals surface area contributed by atoms with Crippen molar-refractivity contribution >= 4 is 17.0 Å². The second kappa shape index (κ2) is 8.59. The van der Waals surface area contributed by atoms with E-state index < -0.39 is 11.7 Å². The Labute approximate surface area is 192 Å². The molecule has 1 aliphatic heterocycles. The monoisotopic (exact) mass is 468 g/mol. The van der Waals surface area contributed by atoms with Crippen molar-refractivity contribution in [3.8, 4) is 11.1 Å². The number of nitrogens with zero attached hydrogens (tertiary/aromatic N) is 2. The number of likely N-dealkylation sites (tertiary alicyclic amines) is 1. The number of fused-ring (bicyclic) bond motifs is 1. The molecule has 2 heterocycles. The van der Waals surface area contributed by atoms with Gasteiger partial charge in [-0.2, -0.15) is 13.2 Å². The normalized spacial score (nSPS) is 16.4. The van der Waals surface area contributed by atoms with Gasteiger partial charge in [0.1, 0.15) is 17.4 Å². The van der Waals surface area contributed by atoms with E-state index >= 15 is 0 Å². The zero-order chi connectivity index (χ0) is 23.9. The molecule has 34 heavy (non-hydrogen) atoms. The molecule has 174 valence electrons. The molecule has 0 saturated carbocycles. The van der Waals surface area contributed by atoms with Crippen LogP contribution in [0.3, 0.4) is 0 Å². The smallest absolute Gasteiger partial charge is 0.416 e. The van der Waals surface area contributed by atoms with Gasteiger partial charge in [0.2, 0.25) is 11.8 Å². The van der Waals surface area contributed by atoms with Gasteiger partial charge in [0.25, 0.3) is 0 Å². The predicted octanol–water partition coefficient (Wildman–Crippen LogP) is 6.56. The molecule has 0 bridgehead atoms. The Morgan fingerprint density at radius 1 is 1.00 bits per heavy atom. The minimum absolute atomic E-state index is 0.0817. The Morgan fingerprint density at radius 3 is 2.41 bits per heavy atom. The molecule has 1 aliphatic rings. The first-order valence-electron chi connectivity index (χ1n) is 10.9. The van der Waals surface area contributed by atoms with Crippen LogP contribution in [0.4, 0.5) is 17.6 Å². The average Bonchev–Trinajstić information content (AvgIpc) is 3.46. The van der Waals surface area contributed by atoms with Gasteiger partial charge in [0.15, 0.2) is 5.58 Å². The third-order valence-corrected chi connectivity index (χ3v) is 6.08. The number of halogens is 4. The van der Waals surface area contributed by atoms with E-state index in [1.165, 1.54) is 24.3 Å². The van der Waals surface area contributed by atoms with Crippen LogP contribution in [0, 0.1) is 5.82 Å². The van der Waals surface area contributed by atoms with E-state index in [1.807, 2.05) is 0 Å². The van der Waals surface area contributed by atoms with Crippen molar-refractivity contribution in [1.82, 2.24) is 9.88 Å². The summed E-state index contributed by atoms with van der Waals surface area (Å²) in [5.41, 5.74) is 2.50. The second-order valence-corrected chi connectivity index (χ2v) is 8.36. The number of oxazole rings is 1. The molecule has 4 nitrogen and oxygen atoms in total. The number of hydrogen-bond donors (Lipinski definition) is 0. The number of carbonyl (C=O) groups excluding carboxylic acids is 1. The Bertz CT molecular complexity index is 1330. The summed E-state index contributed by atoms with van der Waals surface area (Å²) in [5, 5.41) is 0. The standard InChI is InChI=1S/C26H20F4N2O2/c27-20-10-3-16(4-11-20)14-24(33)32-13-1-2-22(32)25-31-21-15-18(7-12-23(21)34-25)17-5-8-19(9-6-17)26(28,29)30/h3-12,15,22H,1-2,13-14H2/t22-/m1/s1. The van der Waals surface area contributed by atoms with Crippen molar-refractivity contribution in [2.24, 2.45) is 0 Å². The molecule has 0 radical (unpaired) electrons. The Balaban J connectivity index is 1.37. The summed E-state index contributed by atoms with van der Waals surface area (Å²) in [6.45, 7) is 0.584. The number of alkyl halides is 3. The van der Waals surface area contributed by atoms with E-state index in [-0.39, 0.29) is 24.2 Å². The topological polar surface area (TPSA) is 46.3 Å². The van der Waals surface area contributed by atoms with Crippen LogP contribution in [0.2, 0.25) is 0 Å². The maximum Gasteiger partial charge on any atom is 0.416 e. The molecular formula is C26H20F4N2O2. The first-order chi connectivity index (χ1) is 16.3. The van der Waals surface area contributed by atoms with E-state index in [1.54, 1.807) is 35.2 Å². The fraction of sp³-hybridized carbons (Fsp3) is 0.231. The highest BCUT2D eigenvalue weighted by Gasteiger charge is 2.33. The summed E-state index contributed by atoms with van der Waals surface area (Å²) < 4.78 is 57.6.